The number of nitrogens with zero attached hydrogens (tertiary/aromatic N) is 1. The number of rotatable bonds is 7. The van der Waals surface area contributed by atoms with Crippen molar-refractivity contribution in [2.45, 2.75) is 13.0 Å². The van der Waals surface area contributed by atoms with E-state index >= 15 is 0 Å². The van der Waals surface area contributed by atoms with Crippen LogP contribution in [0.3, 0.4) is 0 Å². The normalized spacial score (nSPS) is 11.6. The summed E-state index contributed by atoms with van der Waals surface area (Å²) in [6.45, 7) is 0.529. The monoisotopic (exact) mass is 357 g/mol. The molecular weight excluding hydrogens is 338 g/mol. The molecule has 0 atom stereocenters. The fraction of sp³-hybridized carbons (Fsp3) is 0.211. The fourth-order valence-corrected chi connectivity index (χ4v) is 2.80. The second-order valence-electron chi connectivity index (χ2n) is 5.70. The number of aromatic nitrogens is 1. The summed E-state index contributed by atoms with van der Waals surface area (Å²) >= 11 is 0. The Labute approximate surface area is 147 Å². The molecule has 1 heterocycles. The number of para-hydroxylation sites is 1. The molecular formula is C19H19NO4S. The highest BCUT2D eigenvalue weighted by Crippen LogP contribution is 2.16. The number of hydrogen-bond acceptors (Lipinski definition) is 5. The van der Waals surface area contributed by atoms with Gasteiger partial charge in [0.05, 0.1) is 24.1 Å². The zero-order chi connectivity index (χ0) is 17.7. The summed E-state index contributed by atoms with van der Waals surface area (Å²) in [5.41, 5.74) is 2.80. The Morgan fingerprint density at radius 2 is 1.72 bits per heavy atom. The minimum absolute atomic E-state index is 0.139. The van der Waals surface area contributed by atoms with Crippen LogP contribution in [0.1, 0.15) is 11.3 Å². The van der Waals surface area contributed by atoms with E-state index < -0.39 is 10.1 Å². The topological polar surface area (TPSA) is 65.5 Å². The third-order valence-electron chi connectivity index (χ3n) is 3.65. The first-order valence-electron chi connectivity index (χ1n) is 7.90. The maximum Gasteiger partial charge on any atom is 0.264 e. The molecule has 0 aliphatic heterocycles. The summed E-state index contributed by atoms with van der Waals surface area (Å²) in [5.74, 6) is 0.739. The lowest BCUT2D eigenvalue weighted by Crippen LogP contribution is -2.06. The number of pyridine rings is 1. The molecule has 0 spiro atoms. The Morgan fingerprint density at radius 3 is 2.48 bits per heavy atom. The van der Waals surface area contributed by atoms with E-state index in [-0.39, 0.29) is 6.61 Å². The minimum atomic E-state index is -3.39. The molecule has 130 valence electrons. The summed E-state index contributed by atoms with van der Waals surface area (Å²) in [5, 5.41) is 1.10. The summed E-state index contributed by atoms with van der Waals surface area (Å²) < 4.78 is 32.4. The van der Waals surface area contributed by atoms with Gasteiger partial charge in [-0.3, -0.25) is 4.18 Å². The molecule has 0 saturated heterocycles. The first-order chi connectivity index (χ1) is 12.0. The van der Waals surface area contributed by atoms with Gasteiger partial charge in [-0.2, -0.15) is 8.42 Å². The number of hydrogen-bond donors (Lipinski definition) is 0. The molecule has 25 heavy (non-hydrogen) atoms. The largest absolute Gasteiger partial charge is 0.487 e. The molecule has 0 saturated carbocycles. The zero-order valence-electron chi connectivity index (χ0n) is 13.9. The number of fused-ring (bicyclic) bond motifs is 1. The van der Waals surface area contributed by atoms with E-state index in [1.165, 1.54) is 0 Å². The van der Waals surface area contributed by atoms with Crippen LogP contribution in [0.4, 0.5) is 0 Å². The van der Waals surface area contributed by atoms with Crippen LogP contribution in [0.5, 0.6) is 5.75 Å². The maximum atomic E-state index is 10.9. The van der Waals surface area contributed by atoms with Crippen LogP contribution in [0.25, 0.3) is 10.9 Å². The number of ether oxygens (including phenoxy) is 1. The second-order valence-corrected chi connectivity index (χ2v) is 7.35. The van der Waals surface area contributed by atoms with Crippen LogP contribution in [0.15, 0.2) is 60.7 Å². The van der Waals surface area contributed by atoms with Gasteiger partial charge in [-0.25, -0.2) is 4.98 Å². The van der Waals surface area contributed by atoms with Gasteiger partial charge in [0.1, 0.15) is 12.4 Å². The predicted octanol–water partition coefficient (Wildman–Crippen LogP) is 3.33. The van der Waals surface area contributed by atoms with Crippen molar-refractivity contribution in [2.24, 2.45) is 0 Å². The lowest BCUT2D eigenvalue weighted by atomic mass is 10.1. The molecule has 3 rings (SSSR count). The van der Waals surface area contributed by atoms with Crippen molar-refractivity contribution in [3.8, 4) is 5.75 Å². The molecule has 6 heteroatoms. The van der Waals surface area contributed by atoms with Gasteiger partial charge in [0.15, 0.2) is 0 Å². The van der Waals surface area contributed by atoms with Crippen LogP contribution in [-0.4, -0.2) is 26.3 Å². The van der Waals surface area contributed by atoms with Gasteiger partial charge in [0, 0.05) is 5.39 Å². The summed E-state index contributed by atoms with van der Waals surface area (Å²) in [4.78, 5) is 4.57. The van der Waals surface area contributed by atoms with E-state index in [4.69, 9.17) is 8.92 Å². The first-order valence-corrected chi connectivity index (χ1v) is 9.72. The van der Waals surface area contributed by atoms with Crippen molar-refractivity contribution in [3.63, 3.8) is 0 Å². The molecule has 3 aromatic rings. The smallest absolute Gasteiger partial charge is 0.264 e. The SMILES string of the molecule is CS(=O)(=O)OCCc1ccc(OCc2ccc3ccccc3n2)cc1. The summed E-state index contributed by atoms with van der Waals surface area (Å²) in [6, 6.07) is 19.5. The molecule has 0 bridgehead atoms. The quantitative estimate of drug-likeness (QED) is 0.607. The summed E-state index contributed by atoms with van der Waals surface area (Å²) in [6.07, 6.45) is 1.57. The number of benzene rings is 2. The molecule has 1 aromatic heterocycles. The minimum Gasteiger partial charge on any atom is -0.487 e. The fourth-order valence-electron chi connectivity index (χ4n) is 2.41. The van der Waals surface area contributed by atoms with Crippen LogP contribution in [0, 0.1) is 0 Å². The van der Waals surface area contributed by atoms with Crippen molar-refractivity contribution < 1.29 is 17.3 Å². The standard InChI is InChI=1S/C19H19NO4S/c1-25(21,22)24-13-12-15-6-10-18(11-7-15)23-14-17-9-8-16-4-2-3-5-19(16)20-17/h2-11H,12-14H2,1H3. The predicted molar refractivity (Wildman–Crippen MR) is 97.0 cm³/mol. The Balaban J connectivity index is 1.55. The Hall–Kier alpha value is -2.44. The van der Waals surface area contributed by atoms with Crippen molar-refractivity contribution in [2.75, 3.05) is 12.9 Å². The van der Waals surface area contributed by atoms with E-state index in [1.807, 2.05) is 60.7 Å². The Morgan fingerprint density at radius 1 is 0.960 bits per heavy atom. The van der Waals surface area contributed by atoms with Crippen molar-refractivity contribution >= 4 is 21.0 Å². The molecule has 0 N–H and O–H groups in total. The average molecular weight is 357 g/mol. The van der Waals surface area contributed by atoms with Crippen molar-refractivity contribution in [1.82, 2.24) is 4.98 Å². The van der Waals surface area contributed by atoms with Gasteiger partial charge >= 0.3 is 0 Å². The molecule has 0 unspecified atom stereocenters. The van der Waals surface area contributed by atoms with E-state index in [2.05, 4.69) is 4.98 Å². The molecule has 2 aromatic carbocycles. The Kier molecular flexibility index (Phi) is 5.31. The molecule has 0 amide bonds. The highest BCUT2D eigenvalue weighted by molar-refractivity contribution is 7.85. The van der Waals surface area contributed by atoms with E-state index in [9.17, 15) is 8.42 Å². The highest BCUT2D eigenvalue weighted by atomic mass is 32.2. The van der Waals surface area contributed by atoms with Gasteiger partial charge in [0.2, 0.25) is 0 Å². The first kappa shape index (κ1) is 17.4. The lowest BCUT2D eigenvalue weighted by Gasteiger charge is -2.08. The van der Waals surface area contributed by atoms with Crippen molar-refractivity contribution in [1.29, 1.82) is 0 Å². The van der Waals surface area contributed by atoms with Crippen LogP contribution < -0.4 is 4.74 Å². The maximum absolute atomic E-state index is 10.9. The Bertz CT molecular complexity index is 953. The van der Waals surface area contributed by atoms with Gasteiger partial charge in [-0.15, -0.1) is 0 Å². The highest BCUT2D eigenvalue weighted by Gasteiger charge is 2.03. The van der Waals surface area contributed by atoms with Crippen molar-refractivity contribution in [3.05, 3.63) is 71.9 Å². The van der Waals surface area contributed by atoms with E-state index in [1.54, 1.807) is 0 Å². The van der Waals surface area contributed by atoms with E-state index in [0.717, 1.165) is 34.2 Å². The van der Waals surface area contributed by atoms with Crippen LogP contribution >= 0.6 is 0 Å². The van der Waals surface area contributed by atoms with Gasteiger partial charge < -0.3 is 4.74 Å². The van der Waals surface area contributed by atoms with Gasteiger partial charge in [-0.1, -0.05) is 36.4 Å². The molecule has 0 aliphatic rings. The average Bonchev–Trinajstić information content (AvgIpc) is 2.60. The third kappa shape index (κ3) is 5.27. The molecule has 0 fully saturated rings. The van der Waals surface area contributed by atoms with Gasteiger partial charge in [-0.05, 0) is 36.2 Å². The molecule has 5 nitrogen and oxygen atoms in total. The van der Waals surface area contributed by atoms with Crippen LogP contribution in [-0.2, 0) is 27.3 Å². The summed E-state index contributed by atoms with van der Waals surface area (Å²) in [7, 11) is -3.39. The van der Waals surface area contributed by atoms with E-state index in [0.29, 0.717) is 13.0 Å². The molecule has 0 aliphatic carbocycles. The molecule has 0 radical (unpaired) electrons. The lowest BCUT2D eigenvalue weighted by molar-refractivity contribution is 0.301. The second kappa shape index (κ2) is 7.63. The third-order valence-corrected chi connectivity index (χ3v) is 4.25. The van der Waals surface area contributed by atoms with Crippen LogP contribution in [0.2, 0.25) is 0 Å². The van der Waals surface area contributed by atoms with Gasteiger partial charge in [0.25, 0.3) is 10.1 Å². The zero-order valence-corrected chi connectivity index (χ0v) is 14.7.